The van der Waals surface area contributed by atoms with Gasteiger partial charge in [0, 0.05) is 30.6 Å². The van der Waals surface area contributed by atoms with Gasteiger partial charge in [-0.15, -0.1) is 0 Å². The summed E-state index contributed by atoms with van der Waals surface area (Å²) in [5.74, 6) is 0. The minimum Gasteiger partial charge on any atom is -0.464 e. The molecule has 1 aromatic heterocycles. The van der Waals surface area contributed by atoms with Crippen LogP contribution in [0.5, 0.6) is 0 Å². The predicted octanol–water partition coefficient (Wildman–Crippen LogP) is 3.40. The highest BCUT2D eigenvalue weighted by atomic mass is 16.3. The van der Waals surface area contributed by atoms with Gasteiger partial charge < -0.3 is 9.73 Å². The van der Waals surface area contributed by atoms with Crippen molar-refractivity contribution in [1.29, 1.82) is 0 Å². The second-order valence-corrected chi connectivity index (χ2v) is 6.85. The summed E-state index contributed by atoms with van der Waals surface area (Å²) in [6.07, 6.45) is 7.40. The molecule has 1 aromatic carbocycles. The Balaban J connectivity index is 1.51. The standard InChI is InChI=1S/C18H24N2O/c1-2-6-17-16(5-1)15(12-21-17)11-20-10-4-8-18(14-20)7-3-9-19-13-18/h1-2,5-6,12,19H,3-4,7-11,13-14H2. The Morgan fingerprint density at radius 2 is 2.10 bits per heavy atom. The lowest BCUT2D eigenvalue weighted by atomic mass is 9.74. The molecule has 0 bridgehead atoms. The predicted molar refractivity (Wildman–Crippen MR) is 85.3 cm³/mol. The summed E-state index contributed by atoms with van der Waals surface area (Å²) in [4.78, 5) is 2.63. The fraction of sp³-hybridized carbons (Fsp3) is 0.556. The molecular formula is C18H24N2O. The van der Waals surface area contributed by atoms with E-state index < -0.39 is 0 Å². The van der Waals surface area contributed by atoms with Crippen molar-refractivity contribution in [2.45, 2.75) is 32.2 Å². The van der Waals surface area contributed by atoms with E-state index in [1.807, 2.05) is 12.3 Å². The molecule has 1 N–H and O–H groups in total. The molecule has 2 fully saturated rings. The van der Waals surface area contributed by atoms with Crippen molar-refractivity contribution >= 4 is 11.0 Å². The largest absolute Gasteiger partial charge is 0.464 e. The monoisotopic (exact) mass is 284 g/mol. The van der Waals surface area contributed by atoms with Crippen LogP contribution >= 0.6 is 0 Å². The number of benzene rings is 1. The van der Waals surface area contributed by atoms with Gasteiger partial charge >= 0.3 is 0 Å². The van der Waals surface area contributed by atoms with E-state index in [-0.39, 0.29) is 0 Å². The van der Waals surface area contributed by atoms with Crippen molar-refractivity contribution in [3.05, 3.63) is 36.1 Å². The topological polar surface area (TPSA) is 28.4 Å². The number of hydrogen-bond acceptors (Lipinski definition) is 3. The van der Waals surface area contributed by atoms with E-state index in [0.29, 0.717) is 5.41 Å². The lowest BCUT2D eigenvalue weighted by Crippen LogP contribution is -2.50. The van der Waals surface area contributed by atoms with E-state index in [1.54, 1.807) is 0 Å². The van der Waals surface area contributed by atoms with Gasteiger partial charge in [0.1, 0.15) is 5.58 Å². The van der Waals surface area contributed by atoms with Crippen LogP contribution in [0.15, 0.2) is 34.9 Å². The first-order valence-electron chi connectivity index (χ1n) is 8.23. The molecule has 0 radical (unpaired) electrons. The molecule has 1 unspecified atom stereocenters. The first kappa shape index (κ1) is 13.4. The number of likely N-dealkylation sites (tertiary alicyclic amines) is 1. The van der Waals surface area contributed by atoms with Crippen LogP contribution in [-0.2, 0) is 6.54 Å². The number of nitrogens with one attached hydrogen (secondary N) is 1. The highest BCUT2D eigenvalue weighted by Crippen LogP contribution is 2.36. The summed E-state index contributed by atoms with van der Waals surface area (Å²) in [6.45, 7) is 5.89. The van der Waals surface area contributed by atoms with Gasteiger partial charge in [0.25, 0.3) is 0 Å². The van der Waals surface area contributed by atoms with Gasteiger partial charge in [-0.3, -0.25) is 4.90 Å². The molecule has 1 atom stereocenters. The third-order valence-corrected chi connectivity index (χ3v) is 5.26. The molecular weight excluding hydrogens is 260 g/mol. The Kier molecular flexibility index (Phi) is 3.48. The minimum atomic E-state index is 0.524. The van der Waals surface area contributed by atoms with E-state index in [9.17, 15) is 0 Å². The van der Waals surface area contributed by atoms with Crippen molar-refractivity contribution in [2.24, 2.45) is 5.41 Å². The highest BCUT2D eigenvalue weighted by Gasteiger charge is 2.36. The van der Waals surface area contributed by atoms with Gasteiger partial charge in [-0.25, -0.2) is 0 Å². The fourth-order valence-corrected chi connectivity index (χ4v) is 4.22. The summed E-state index contributed by atoms with van der Waals surface area (Å²) >= 11 is 0. The van der Waals surface area contributed by atoms with Crippen LogP contribution in [0.4, 0.5) is 0 Å². The smallest absolute Gasteiger partial charge is 0.134 e. The Morgan fingerprint density at radius 1 is 1.19 bits per heavy atom. The third kappa shape index (κ3) is 2.60. The molecule has 0 saturated carbocycles. The van der Waals surface area contributed by atoms with Crippen LogP contribution in [0.25, 0.3) is 11.0 Å². The average molecular weight is 284 g/mol. The summed E-state index contributed by atoms with van der Waals surface area (Å²) in [6, 6.07) is 8.38. The number of piperidine rings is 2. The summed E-state index contributed by atoms with van der Waals surface area (Å²) in [7, 11) is 0. The number of furan rings is 1. The van der Waals surface area contributed by atoms with Crippen molar-refractivity contribution in [2.75, 3.05) is 26.2 Å². The number of rotatable bonds is 2. The van der Waals surface area contributed by atoms with Crippen molar-refractivity contribution in [1.82, 2.24) is 10.2 Å². The lowest BCUT2D eigenvalue weighted by Gasteiger charge is -2.45. The SMILES string of the molecule is c1ccc2c(CN3CCCC4(CCCNC4)C3)coc2c1. The van der Waals surface area contributed by atoms with E-state index in [1.165, 1.54) is 62.8 Å². The zero-order valence-electron chi connectivity index (χ0n) is 12.6. The van der Waals surface area contributed by atoms with Gasteiger partial charge in [0.05, 0.1) is 6.26 Å². The van der Waals surface area contributed by atoms with Crippen molar-refractivity contribution in [3.63, 3.8) is 0 Å². The molecule has 3 heteroatoms. The van der Waals surface area contributed by atoms with E-state index in [0.717, 1.165) is 12.1 Å². The fourth-order valence-electron chi connectivity index (χ4n) is 4.22. The van der Waals surface area contributed by atoms with Gasteiger partial charge in [-0.05, 0) is 50.3 Å². The third-order valence-electron chi connectivity index (χ3n) is 5.26. The van der Waals surface area contributed by atoms with E-state index in [2.05, 4.69) is 28.4 Å². The molecule has 4 rings (SSSR count). The van der Waals surface area contributed by atoms with Crippen LogP contribution in [0, 0.1) is 5.41 Å². The molecule has 2 saturated heterocycles. The maximum Gasteiger partial charge on any atom is 0.134 e. The van der Waals surface area contributed by atoms with Gasteiger partial charge in [0.2, 0.25) is 0 Å². The Morgan fingerprint density at radius 3 is 3.00 bits per heavy atom. The Bertz CT molecular complexity index is 607. The second kappa shape index (κ2) is 5.47. The summed E-state index contributed by atoms with van der Waals surface area (Å²) in [5, 5.41) is 4.89. The van der Waals surface area contributed by atoms with Crippen LogP contribution in [0.1, 0.15) is 31.2 Å². The zero-order chi connectivity index (χ0) is 14.1. The number of para-hydroxylation sites is 1. The van der Waals surface area contributed by atoms with Gasteiger partial charge in [-0.2, -0.15) is 0 Å². The zero-order valence-corrected chi connectivity index (χ0v) is 12.6. The van der Waals surface area contributed by atoms with Crippen molar-refractivity contribution in [3.8, 4) is 0 Å². The molecule has 2 aromatic rings. The van der Waals surface area contributed by atoms with Crippen molar-refractivity contribution < 1.29 is 4.42 Å². The lowest BCUT2D eigenvalue weighted by molar-refractivity contribution is 0.0601. The normalized spacial score (nSPS) is 27.4. The van der Waals surface area contributed by atoms with Crippen LogP contribution in [-0.4, -0.2) is 31.1 Å². The molecule has 2 aliphatic rings. The average Bonchev–Trinajstić information content (AvgIpc) is 2.92. The Hall–Kier alpha value is -1.32. The number of nitrogens with zero attached hydrogens (tertiary/aromatic N) is 1. The number of hydrogen-bond donors (Lipinski definition) is 1. The first-order chi connectivity index (χ1) is 10.3. The molecule has 0 amide bonds. The minimum absolute atomic E-state index is 0.524. The molecule has 3 nitrogen and oxygen atoms in total. The first-order valence-corrected chi connectivity index (χ1v) is 8.23. The number of fused-ring (bicyclic) bond motifs is 1. The van der Waals surface area contributed by atoms with E-state index >= 15 is 0 Å². The summed E-state index contributed by atoms with van der Waals surface area (Å²) in [5.41, 5.74) is 2.88. The molecule has 112 valence electrons. The Labute approximate surface area is 126 Å². The van der Waals surface area contributed by atoms with Crippen LogP contribution < -0.4 is 5.32 Å². The molecule has 3 heterocycles. The highest BCUT2D eigenvalue weighted by molar-refractivity contribution is 5.80. The molecule has 21 heavy (non-hydrogen) atoms. The quantitative estimate of drug-likeness (QED) is 0.916. The molecule has 1 spiro atoms. The van der Waals surface area contributed by atoms with Crippen LogP contribution in [0.2, 0.25) is 0 Å². The maximum absolute atomic E-state index is 5.69. The van der Waals surface area contributed by atoms with Gasteiger partial charge in [-0.1, -0.05) is 18.2 Å². The van der Waals surface area contributed by atoms with Gasteiger partial charge in [0.15, 0.2) is 0 Å². The molecule has 0 aliphatic carbocycles. The van der Waals surface area contributed by atoms with Crippen LogP contribution in [0.3, 0.4) is 0 Å². The summed E-state index contributed by atoms with van der Waals surface area (Å²) < 4.78 is 5.69. The second-order valence-electron chi connectivity index (χ2n) is 6.85. The molecule has 2 aliphatic heterocycles. The maximum atomic E-state index is 5.69. The van der Waals surface area contributed by atoms with E-state index in [4.69, 9.17) is 4.42 Å².